The summed E-state index contributed by atoms with van der Waals surface area (Å²) in [4.78, 5) is 24.9. The van der Waals surface area contributed by atoms with Gasteiger partial charge in [-0.25, -0.2) is 9.59 Å². The molecule has 0 fully saturated rings. The molecular formula is C29H40O5. The molecule has 0 unspecified atom stereocenters. The number of carbonyl (C=O) groups is 2. The Morgan fingerprint density at radius 3 is 2.15 bits per heavy atom. The lowest BCUT2D eigenvalue weighted by atomic mass is 9.98. The fourth-order valence-corrected chi connectivity index (χ4v) is 3.81. The van der Waals surface area contributed by atoms with Crippen LogP contribution in [0.15, 0.2) is 42.5 Å². The van der Waals surface area contributed by atoms with Gasteiger partial charge in [-0.05, 0) is 67.6 Å². The van der Waals surface area contributed by atoms with E-state index in [1.54, 1.807) is 24.3 Å². The monoisotopic (exact) mass is 468 g/mol. The zero-order chi connectivity index (χ0) is 24.8. The molecule has 0 heterocycles. The van der Waals surface area contributed by atoms with Crippen LogP contribution in [-0.2, 0) is 9.47 Å². The molecular weight excluding hydrogens is 428 g/mol. The number of carbonyl (C=O) groups excluding carboxylic acids is 2. The number of rotatable bonds is 15. The highest BCUT2D eigenvalue weighted by Gasteiger charge is 2.16. The Hall–Kier alpha value is -2.82. The van der Waals surface area contributed by atoms with Crippen molar-refractivity contribution in [3.05, 3.63) is 53.6 Å². The normalized spacial score (nSPS) is 11.6. The molecule has 0 radical (unpaired) electrons. The number of unbranched alkanes of at least 4 members (excludes halogenated alkanes) is 6. The standard InChI is InChI=1S/C29H40O5/c1-5-7-9-11-13-22(3)34-28(30)24-16-14-23(15-17-24)27-21-25(33-20-12-10-8-6-2)18-19-26(27)29(31)32-4/h14-19,21-22H,5-13,20H2,1-4H3/t22-/m0/s1. The van der Waals surface area contributed by atoms with E-state index in [4.69, 9.17) is 14.2 Å². The van der Waals surface area contributed by atoms with Gasteiger partial charge in [0.15, 0.2) is 0 Å². The number of ether oxygens (including phenoxy) is 3. The van der Waals surface area contributed by atoms with Crippen LogP contribution >= 0.6 is 0 Å². The molecule has 0 amide bonds. The third-order valence-electron chi connectivity index (χ3n) is 5.87. The average molecular weight is 469 g/mol. The molecule has 0 spiro atoms. The Kier molecular flexibility index (Phi) is 12.2. The first-order valence-electron chi connectivity index (χ1n) is 12.7. The van der Waals surface area contributed by atoms with Crippen LogP contribution in [-0.4, -0.2) is 31.8 Å². The fourth-order valence-electron chi connectivity index (χ4n) is 3.81. The van der Waals surface area contributed by atoms with E-state index in [-0.39, 0.29) is 12.1 Å². The summed E-state index contributed by atoms with van der Waals surface area (Å²) in [6.07, 6.45) is 9.90. The zero-order valence-electron chi connectivity index (χ0n) is 21.2. The van der Waals surface area contributed by atoms with Gasteiger partial charge in [-0.3, -0.25) is 0 Å². The zero-order valence-corrected chi connectivity index (χ0v) is 21.2. The quantitative estimate of drug-likeness (QED) is 0.199. The van der Waals surface area contributed by atoms with Gasteiger partial charge < -0.3 is 14.2 Å². The van der Waals surface area contributed by atoms with Crippen LogP contribution in [0, 0.1) is 0 Å². The van der Waals surface area contributed by atoms with Crippen molar-refractivity contribution < 1.29 is 23.8 Å². The summed E-state index contributed by atoms with van der Waals surface area (Å²) < 4.78 is 16.5. The number of benzene rings is 2. The number of hydrogen-bond donors (Lipinski definition) is 0. The number of methoxy groups -OCH3 is 1. The lowest BCUT2D eigenvalue weighted by molar-refractivity contribution is 0.0319. The van der Waals surface area contributed by atoms with E-state index >= 15 is 0 Å². The molecule has 0 saturated heterocycles. The summed E-state index contributed by atoms with van der Waals surface area (Å²) >= 11 is 0. The van der Waals surface area contributed by atoms with Crippen LogP contribution in [0.1, 0.15) is 99.3 Å². The Balaban J connectivity index is 2.10. The third-order valence-corrected chi connectivity index (χ3v) is 5.87. The van der Waals surface area contributed by atoms with Crippen LogP contribution < -0.4 is 4.74 Å². The smallest absolute Gasteiger partial charge is 0.338 e. The average Bonchev–Trinajstić information content (AvgIpc) is 2.86. The lowest BCUT2D eigenvalue weighted by Crippen LogP contribution is -2.15. The SMILES string of the molecule is CCCCCCOc1ccc(C(=O)OC)c(-c2ccc(C(=O)O[C@@H](C)CCCCCC)cc2)c1. The maximum atomic E-state index is 12.5. The topological polar surface area (TPSA) is 61.8 Å². The van der Waals surface area contributed by atoms with E-state index in [1.807, 2.05) is 25.1 Å². The maximum Gasteiger partial charge on any atom is 0.338 e. The van der Waals surface area contributed by atoms with E-state index in [1.165, 1.54) is 32.8 Å². The van der Waals surface area contributed by atoms with Crippen molar-refractivity contribution in [2.24, 2.45) is 0 Å². The van der Waals surface area contributed by atoms with Crippen molar-refractivity contribution in [2.45, 2.75) is 84.7 Å². The summed E-state index contributed by atoms with van der Waals surface area (Å²) in [6.45, 7) is 6.94. The van der Waals surface area contributed by atoms with Gasteiger partial charge in [0.2, 0.25) is 0 Å². The Morgan fingerprint density at radius 2 is 1.50 bits per heavy atom. The molecule has 0 bridgehead atoms. The molecule has 0 N–H and O–H groups in total. The van der Waals surface area contributed by atoms with Gasteiger partial charge in [0.1, 0.15) is 5.75 Å². The molecule has 0 aliphatic rings. The predicted molar refractivity (Wildman–Crippen MR) is 136 cm³/mol. The number of hydrogen-bond acceptors (Lipinski definition) is 5. The summed E-state index contributed by atoms with van der Waals surface area (Å²) in [5, 5.41) is 0. The van der Waals surface area contributed by atoms with E-state index in [0.29, 0.717) is 29.0 Å². The first-order valence-corrected chi connectivity index (χ1v) is 12.7. The highest BCUT2D eigenvalue weighted by atomic mass is 16.5. The molecule has 0 aliphatic heterocycles. The van der Waals surface area contributed by atoms with E-state index < -0.39 is 5.97 Å². The molecule has 5 heteroatoms. The highest BCUT2D eigenvalue weighted by molar-refractivity contribution is 5.98. The van der Waals surface area contributed by atoms with Crippen molar-refractivity contribution >= 4 is 11.9 Å². The van der Waals surface area contributed by atoms with Crippen molar-refractivity contribution in [3.63, 3.8) is 0 Å². The first kappa shape index (κ1) is 27.4. The summed E-state index contributed by atoms with van der Waals surface area (Å²) in [6, 6.07) is 12.5. The van der Waals surface area contributed by atoms with Gasteiger partial charge >= 0.3 is 11.9 Å². The number of esters is 2. The molecule has 1 atom stereocenters. The molecule has 2 aromatic carbocycles. The minimum absolute atomic E-state index is 0.110. The molecule has 0 aromatic heterocycles. The van der Waals surface area contributed by atoms with Crippen LogP contribution in [0.4, 0.5) is 0 Å². The Labute approximate surface area is 204 Å². The van der Waals surface area contributed by atoms with Gasteiger partial charge in [0.25, 0.3) is 0 Å². The van der Waals surface area contributed by atoms with Crippen LogP contribution in [0.5, 0.6) is 5.75 Å². The molecule has 2 rings (SSSR count). The van der Waals surface area contributed by atoms with Crippen molar-refractivity contribution in [3.8, 4) is 16.9 Å². The van der Waals surface area contributed by atoms with Crippen molar-refractivity contribution in [1.29, 1.82) is 0 Å². The Bertz CT molecular complexity index is 888. The minimum atomic E-state index is -0.412. The predicted octanol–water partition coefficient (Wildman–Crippen LogP) is 7.62. The van der Waals surface area contributed by atoms with Gasteiger partial charge in [-0.15, -0.1) is 0 Å². The molecule has 0 aliphatic carbocycles. The van der Waals surface area contributed by atoms with Gasteiger partial charge in [-0.2, -0.15) is 0 Å². The minimum Gasteiger partial charge on any atom is -0.494 e. The van der Waals surface area contributed by atoms with Crippen LogP contribution in [0.2, 0.25) is 0 Å². The van der Waals surface area contributed by atoms with Crippen molar-refractivity contribution in [1.82, 2.24) is 0 Å². The first-order chi connectivity index (χ1) is 16.5. The van der Waals surface area contributed by atoms with Gasteiger partial charge in [0.05, 0.1) is 30.9 Å². The van der Waals surface area contributed by atoms with E-state index in [0.717, 1.165) is 37.7 Å². The summed E-state index contributed by atoms with van der Waals surface area (Å²) in [7, 11) is 1.37. The van der Waals surface area contributed by atoms with Crippen LogP contribution in [0.25, 0.3) is 11.1 Å². The van der Waals surface area contributed by atoms with E-state index in [2.05, 4.69) is 13.8 Å². The van der Waals surface area contributed by atoms with Gasteiger partial charge in [-0.1, -0.05) is 64.5 Å². The molecule has 2 aromatic rings. The second kappa shape index (κ2) is 15.2. The largest absolute Gasteiger partial charge is 0.494 e. The van der Waals surface area contributed by atoms with E-state index in [9.17, 15) is 9.59 Å². The van der Waals surface area contributed by atoms with Gasteiger partial charge in [0, 0.05) is 0 Å². The second-order valence-electron chi connectivity index (χ2n) is 8.75. The molecule has 186 valence electrons. The fraction of sp³-hybridized carbons (Fsp3) is 0.517. The summed E-state index contributed by atoms with van der Waals surface area (Å²) in [5.41, 5.74) is 2.46. The molecule has 0 saturated carbocycles. The molecule has 5 nitrogen and oxygen atoms in total. The van der Waals surface area contributed by atoms with Crippen molar-refractivity contribution in [2.75, 3.05) is 13.7 Å². The highest BCUT2D eigenvalue weighted by Crippen LogP contribution is 2.29. The maximum absolute atomic E-state index is 12.5. The van der Waals surface area contributed by atoms with Crippen LogP contribution in [0.3, 0.4) is 0 Å². The third kappa shape index (κ3) is 8.85. The second-order valence-corrected chi connectivity index (χ2v) is 8.75. The summed E-state index contributed by atoms with van der Waals surface area (Å²) in [5.74, 6) is -0.0312. The Morgan fingerprint density at radius 1 is 0.824 bits per heavy atom. The lowest BCUT2D eigenvalue weighted by Gasteiger charge is -2.14. The molecule has 34 heavy (non-hydrogen) atoms.